The van der Waals surface area contributed by atoms with Crippen molar-refractivity contribution in [2.45, 2.75) is 30.3 Å². The second-order valence-electron chi connectivity index (χ2n) is 4.55. The lowest BCUT2D eigenvalue weighted by Gasteiger charge is -2.30. The van der Waals surface area contributed by atoms with E-state index in [1.165, 1.54) is 11.8 Å². The van der Waals surface area contributed by atoms with Gasteiger partial charge in [0.1, 0.15) is 10.6 Å². The summed E-state index contributed by atoms with van der Waals surface area (Å²) in [5.41, 5.74) is -0.599. The minimum atomic E-state index is -0.599. The predicted molar refractivity (Wildman–Crippen MR) is 73.9 cm³/mol. The first-order valence-corrected chi connectivity index (χ1v) is 7.46. The maximum Gasteiger partial charge on any atom is 0.327 e. The first-order valence-electron chi connectivity index (χ1n) is 6.48. The summed E-state index contributed by atoms with van der Waals surface area (Å²) in [5, 5.41) is 4.01. The van der Waals surface area contributed by atoms with E-state index in [0.717, 1.165) is 17.9 Å². The lowest BCUT2D eigenvalue weighted by molar-refractivity contribution is -0.150. The number of aromatic nitrogens is 2. The average molecular weight is 281 g/mol. The highest BCUT2D eigenvalue weighted by molar-refractivity contribution is 7.99. The SMILES string of the molecule is CCOC(=O)C(CSc1cnccn1)(NC)C1CC1. The Kier molecular flexibility index (Phi) is 4.76. The quantitative estimate of drug-likeness (QED) is 0.603. The minimum Gasteiger partial charge on any atom is -0.465 e. The van der Waals surface area contributed by atoms with Crippen molar-refractivity contribution in [3.8, 4) is 0 Å². The number of esters is 1. The number of rotatable bonds is 7. The summed E-state index contributed by atoms with van der Waals surface area (Å²) in [6.45, 7) is 2.24. The van der Waals surface area contributed by atoms with Gasteiger partial charge in [-0.15, -0.1) is 11.8 Å². The topological polar surface area (TPSA) is 64.1 Å². The Morgan fingerprint density at radius 2 is 2.37 bits per heavy atom. The molecule has 1 N–H and O–H groups in total. The van der Waals surface area contributed by atoms with E-state index in [4.69, 9.17) is 4.74 Å². The Morgan fingerprint density at radius 3 is 2.89 bits per heavy atom. The van der Waals surface area contributed by atoms with Crippen LogP contribution in [0.15, 0.2) is 23.6 Å². The number of ether oxygens (including phenoxy) is 1. The van der Waals surface area contributed by atoms with Crippen LogP contribution in [0.1, 0.15) is 19.8 Å². The van der Waals surface area contributed by atoms with Crippen molar-refractivity contribution in [2.24, 2.45) is 5.92 Å². The van der Waals surface area contributed by atoms with Crippen molar-refractivity contribution in [2.75, 3.05) is 19.4 Å². The molecule has 0 radical (unpaired) electrons. The smallest absolute Gasteiger partial charge is 0.327 e. The second kappa shape index (κ2) is 6.34. The fourth-order valence-electron chi connectivity index (χ4n) is 2.11. The normalized spacial score (nSPS) is 17.8. The van der Waals surface area contributed by atoms with Crippen molar-refractivity contribution in [3.05, 3.63) is 18.6 Å². The number of carbonyl (C=O) groups is 1. The molecule has 0 saturated heterocycles. The highest BCUT2D eigenvalue weighted by Crippen LogP contribution is 2.42. The highest BCUT2D eigenvalue weighted by atomic mass is 32.2. The van der Waals surface area contributed by atoms with E-state index in [1.807, 2.05) is 14.0 Å². The molecule has 0 aliphatic heterocycles. The van der Waals surface area contributed by atoms with Crippen molar-refractivity contribution in [1.29, 1.82) is 0 Å². The van der Waals surface area contributed by atoms with Crippen LogP contribution in [0.2, 0.25) is 0 Å². The molecule has 19 heavy (non-hydrogen) atoms. The van der Waals surface area contributed by atoms with Crippen LogP contribution in [0.25, 0.3) is 0 Å². The fraction of sp³-hybridized carbons (Fsp3) is 0.615. The van der Waals surface area contributed by atoms with Gasteiger partial charge in [-0.05, 0) is 32.7 Å². The van der Waals surface area contributed by atoms with Gasteiger partial charge in [0.2, 0.25) is 0 Å². The molecule has 1 atom stereocenters. The number of hydrogen-bond donors (Lipinski definition) is 1. The van der Waals surface area contributed by atoms with Crippen LogP contribution in [0.3, 0.4) is 0 Å². The van der Waals surface area contributed by atoms with Crippen LogP contribution in [-0.4, -0.2) is 40.9 Å². The average Bonchev–Trinajstić information content (AvgIpc) is 3.27. The zero-order valence-electron chi connectivity index (χ0n) is 11.3. The molecular weight excluding hydrogens is 262 g/mol. The molecule has 0 bridgehead atoms. The molecule has 104 valence electrons. The molecule has 1 saturated carbocycles. The van der Waals surface area contributed by atoms with Gasteiger partial charge in [0.25, 0.3) is 0 Å². The molecule has 1 aliphatic carbocycles. The van der Waals surface area contributed by atoms with E-state index < -0.39 is 5.54 Å². The lowest BCUT2D eigenvalue weighted by Crippen LogP contribution is -2.55. The highest BCUT2D eigenvalue weighted by Gasteiger charge is 2.51. The zero-order chi connectivity index (χ0) is 13.7. The van der Waals surface area contributed by atoms with Gasteiger partial charge < -0.3 is 10.1 Å². The molecule has 1 aliphatic rings. The van der Waals surface area contributed by atoms with Crippen LogP contribution in [-0.2, 0) is 9.53 Å². The van der Waals surface area contributed by atoms with Crippen molar-refractivity contribution in [1.82, 2.24) is 15.3 Å². The summed E-state index contributed by atoms with van der Waals surface area (Å²) in [4.78, 5) is 20.5. The molecule has 1 aromatic heterocycles. The van der Waals surface area contributed by atoms with Crippen molar-refractivity contribution < 1.29 is 9.53 Å². The van der Waals surface area contributed by atoms with Gasteiger partial charge in [-0.1, -0.05) is 0 Å². The monoisotopic (exact) mass is 281 g/mol. The van der Waals surface area contributed by atoms with Gasteiger partial charge >= 0.3 is 5.97 Å². The van der Waals surface area contributed by atoms with Gasteiger partial charge in [-0.25, -0.2) is 4.98 Å². The molecule has 0 aromatic carbocycles. The number of likely N-dealkylation sites (N-methyl/N-ethyl adjacent to an activating group) is 1. The molecular formula is C13H19N3O2S. The van der Waals surface area contributed by atoms with Gasteiger partial charge in [-0.3, -0.25) is 9.78 Å². The first-order chi connectivity index (χ1) is 9.23. The third-order valence-corrected chi connectivity index (χ3v) is 4.45. The van der Waals surface area contributed by atoms with Crippen molar-refractivity contribution >= 4 is 17.7 Å². The second-order valence-corrected chi connectivity index (χ2v) is 5.54. The molecule has 6 heteroatoms. The predicted octanol–water partition coefficient (Wildman–Crippen LogP) is 1.50. The van der Waals surface area contributed by atoms with Crippen LogP contribution in [0.5, 0.6) is 0 Å². The van der Waals surface area contributed by atoms with E-state index in [9.17, 15) is 4.79 Å². The molecule has 5 nitrogen and oxygen atoms in total. The third-order valence-electron chi connectivity index (χ3n) is 3.35. The number of nitrogens with zero attached hydrogens (tertiary/aromatic N) is 2. The standard InChI is InChI=1S/C13H19N3O2S/c1-3-18-12(17)13(14-2,10-4-5-10)9-19-11-8-15-6-7-16-11/h6-8,10,14H,3-5,9H2,1-2H3. The number of thioether (sulfide) groups is 1. The molecule has 1 unspecified atom stereocenters. The summed E-state index contributed by atoms with van der Waals surface area (Å²) in [6, 6.07) is 0. The maximum absolute atomic E-state index is 12.3. The number of nitrogens with one attached hydrogen (secondary N) is 1. The van der Waals surface area contributed by atoms with E-state index in [2.05, 4.69) is 15.3 Å². The molecule has 1 fully saturated rings. The Labute approximate surface area is 117 Å². The largest absolute Gasteiger partial charge is 0.465 e. The summed E-state index contributed by atoms with van der Waals surface area (Å²) < 4.78 is 5.24. The number of hydrogen-bond acceptors (Lipinski definition) is 6. The lowest BCUT2D eigenvalue weighted by atomic mass is 9.96. The zero-order valence-corrected chi connectivity index (χ0v) is 12.1. The summed E-state index contributed by atoms with van der Waals surface area (Å²) >= 11 is 1.54. The Balaban J connectivity index is 2.07. The van der Waals surface area contributed by atoms with Crippen LogP contribution >= 0.6 is 11.8 Å². The van der Waals surface area contributed by atoms with E-state index >= 15 is 0 Å². The summed E-state index contributed by atoms with van der Waals surface area (Å²) in [5.74, 6) is 0.822. The molecule has 1 aromatic rings. The van der Waals surface area contributed by atoms with Gasteiger partial charge in [-0.2, -0.15) is 0 Å². The Hall–Kier alpha value is -1.14. The van der Waals surface area contributed by atoms with Gasteiger partial charge in [0.05, 0.1) is 12.8 Å². The van der Waals surface area contributed by atoms with E-state index in [-0.39, 0.29) is 5.97 Å². The molecule has 0 spiro atoms. The summed E-state index contributed by atoms with van der Waals surface area (Å²) in [6.07, 6.45) is 7.15. The fourth-order valence-corrected chi connectivity index (χ4v) is 3.25. The first kappa shape index (κ1) is 14.3. The molecule has 1 heterocycles. The van der Waals surface area contributed by atoms with E-state index in [0.29, 0.717) is 18.3 Å². The van der Waals surface area contributed by atoms with Gasteiger partial charge in [0, 0.05) is 18.1 Å². The maximum atomic E-state index is 12.3. The van der Waals surface area contributed by atoms with Crippen LogP contribution in [0.4, 0.5) is 0 Å². The minimum absolute atomic E-state index is 0.156. The Bertz CT molecular complexity index is 425. The summed E-state index contributed by atoms with van der Waals surface area (Å²) in [7, 11) is 1.83. The Morgan fingerprint density at radius 1 is 1.58 bits per heavy atom. The van der Waals surface area contributed by atoms with Crippen LogP contribution in [0, 0.1) is 5.92 Å². The number of carbonyl (C=O) groups excluding carboxylic acids is 1. The van der Waals surface area contributed by atoms with Crippen molar-refractivity contribution in [3.63, 3.8) is 0 Å². The van der Waals surface area contributed by atoms with Gasteiger partial charge in [0.15, 0.2) is 0 Å². The third kappa shape index (κ3) is 3.25. The van der Waals surface area contributed by atoms with E-state index in [1.54, 1.807) is 18.6 Å². The molecule has 0 amide bonds. The molecule has 2 rings (SSSR count). The van der Waals surface area contributed by atoms with Crippen LogP contribution < -0.4 is 5.32 Å².